The maximum Gasteiger partial charge on any atom is 0.228 e. The third kappa shape index (κ3) is 5.44. The molecule has 0 aliphatic carbocycles. The highest BCUT2D eigenvalue weighted by Crippen LogP contribution is 2.20. The molecule has 2 heterocycles. The van der Waals surface area contributed by atoms with E-state index in [1.807, 2.05) is 66.7 Å². The summed E-state index contributed by atoms with van der Waals surface area (Å²) in [7, 11) is 0. The highest BCUT2D eigenvalue weighted by atomic mass is 79.9. The molecule has 0 amide bonds. The SMILES string of the molecule is OC(CN(CCc1nc(-c2ccc(Br)cc2)no1)Cc1ccco1)c1ccccc1. The van der Waals surface area contributed by atoms with Crippen LogP contribution in [-0.2, 0) is 13.0 Å². The van der Waals surface area contributed by atoms with E-state index < -0.39 is 6.10 Å². The second-order valence-electron chi connectivity index (χ2n) is 7.01. The molecule has 30 heavy (non-hydrogen) atoms. The molecule has 1 N–H and O–H groups in total. The van der Waals surface area contributed by atoms with E-state index in [2.05, 4.69) is 31.0 Å². The molecule has 0 aliphatic rings. The molecule has 2 aromatic carbocycles. The van der Waals surface area contributed by atoms with E-state index >= 15 is 0 Å². The monoisotopic (exact) mass is 467 g/mol. The summed E-state index contributed by atoms with van der Waals surface area (Å²) in [5.41, 5.74) is 1.79. The fraction of sp³-hybridized carbons (Fsp3) is 0.217. The number of aliphatic hydroxyl groups excluding tert-OH is 1. The van der Waals surface area contributed by atoms with E-state index in [1.54, 1.807) is 6.26 Å². The minimum absolute atomic E-state index is 0.471. The molecule has 0 saturated carbocycles. The summed E-state index contributed by atoms with van der Waals surface area (Å²) in [6.45, 7) is 1.70. The molecular weight excluding hydrogens is 446 g/mol. The lowest BCUT2D eigenvalue weighted by Crippen LogP contribution is -2.30. The number of nitrogens with zero attached hydrogens (tertiary/aromatic N) is 3. The molecule has 7 heteroatoms. The summed E-state index contributed by atoms with van der Waals surface area (Å²) in [6.07, 6.45) is 1.64. The van der Waals surface area contributed by atoms with E-state index in [-0.39, 0.29) is 0 Å². The summed E-state index contributed by atoms with van der Waals surface area (Å²) >= 11 is 3.43. The summed E-state index contributed by atoms with van der Waals surface area (Å²) in [5.74, 6) is 1.97. The predicted octanol–water partition coefficient (Wildman–Crippen LogP) is 4.87. The molecule has 0 fully saturated rings. The van der Waals surface area contributed by atoms with Gasteiger partial charge in [-0.2, -0.15) is 4.98 Å². The van der Waals surface area contributed by atoms with Crippen molar-refractivity contribution in [1.29, 1.82) is 0 Å². The number of aromatic nitrogens is 2. The Morgan fingerprint density at radius 3 is 2.53 bits per heavy atom. The fourth-order valence-electron chi connectivity index (χ4n) is 3.21. The highest BCUT2D eigenvalue weighted by molar-refractivity contribution is 9.10. The van der Waals surface area contributed by atoms with Crippen LogP contribution in [0.4, 0.5) is 0 Å². The van der Waals surface area contributed by atoms with E-state index in [4.69, 9.17) is 8.94 Å². The van der Waals surface area contributed by atoms with E-state index in [0.717, 1.165) is 21.4 Å². The maximum atomic E-state index is 10.7. The molecule has 4 rings (SSSR count). The molecule has 154 valence electrons. The van der Waals surface area contributed by atoms with Crippen molar-refractivity contribution in [2.75, 3.05) is 13.1 Å². The zero-order valence-electron chi connectivity index (χ0n) is 16.3. The van der Waals surface area contributed by atoms with E-state index in [9.17, 15) is 5.11 Å². The minimum Gasteiger partial charge on any atom is -0.468 e. The van der Waals surface area contributed by atoms with Gasteiger partial charge in [0.2, 0.25) is 11.7 Å². The van der Waals surface area contributed by atoms with Gasteiger partial charge < -0.3 is 14.0 Å². The number of furan rings is 1. The lowest BCUT2D eigenvalue weighted by Gasteiger charge is -2.24. The number of aliphatic hydroxyl groups is 1. The smallest absolute Gasteiger partial charge is 0.228 e. The number of halogens is 1. The van der Waals surface area contributed by atoms with Crippen molar-refractivity contribution >= 4 is 15.9 Å². The third-order valence-corrected chi connectivity index (χ3v) is 5.32. The fourth-order valence-corrected chi connectivity index (χ4v) is 3.47. The van der Waals surface area contributed by atoms with Crippen LogP contribution in [0.25, 0.3) is 11.4 Å². The number of rotatable bonds is 9. The number of hydrogen-bond acceptors (Lipinski definition) is 6. The lowest BCUT2D eigenvalue weighted by atomic mass is 10.1. The van der Waals surface area contributed by atoms with Gasteiger partial charge in [0, 0.05) is 29.5 Å². The number of benzene rings is 2. The van der Waals surface area contributed by atoms with Gasteiger partial charge >= 0.3 is 0 Å². The average Bonchev–Trinajstić information content (AvgIpc) is 3.45. The second kappa shape index (κ2) is 9.84. The molecule has 0 aliphatic heterocycles. The Kier molecular flexibility index (Phi) is 6.74. The van der Waals surface area contributed by atoms with Crippen molar-refractivity contribution in [2.45, 2.75) is 19.1 Å². The quantitative estimate of drug-likeness (QED) is 0.378. The molecule has 0 bridgehead atoms. The van der Waals surface area contributed by atoms with Gasteiger partial charge in [-0.15, -0.1) is 0 Å². The minimum atomic E-state index is -0.595. The van der Waals surface area contributed by atoms with Gasteiger partial charge in [-0.05, 0) is 42.0 Å². The summed E-state index contributed by atoms with van der Waals surface area (Å²) < 4.78 is 11.9. The predicted molar refractivity (Wildman–Crippen MR) is 117 cm³/mol. The summed E-state index contributed by atoms with van der Waals surface area (Å²) in [6, 6.07) is 21.2. The van der Waals surface area contributed by atoms with Crippen LogP contribution in [0.5, 0.6) is 0 Å². The molecule has 1 atom stereocenters. The van der Waals surface area contributed by atoms with Gasteiger partial charge in [0.1, 0.15) is 5.76 Å². The van der Waals surface area contributed by atoms with Crippen LogP contribution < -0.4 is 0 Å². The molecule has 0 radical (unpaired) electrons. The summed E-state index contributed by atoms with van der Waals surface area (Å²) in [4.78, 5) is 6.64. The zero-order valence-corrected chi connectivity index (χ0v) is 17.9. The Hall–Kier alpha value is -2.74. The van der Waals surface area contributed by atoms with Crippen LogP contribution in [-0.4, -0.2) is 33.2 Å². The van der Waals surface area contributed by atoms with Crippen LogP contribution >= 0.6 is 15.9 Å². The van der Waals surface area contributed by atoms with Crippen LogP contribution in [0, 0.1) is 0 Å². The van der Waals surface area contributed by atoms with Crippen LogP contribution in [0.2, 0.25) is 0 Å². The first-order valence-electron chi connectivity index (χ1n) is 9.73. The number of hydrogen-bond donors (Lipinski definition) is 1. The Bertz CT molecular complexity index is 1030. The van der Waals surface area contributed by atoms with Gasteiger partial charge in [-0.25, -0.2) is 0 Å². The van der Waals surface area contributed by atoms with Gasteiger partial charge in [0.25, 0.3) is 0 Å². The first-order chi connectivity index (χ1) is 14.7. The Morgan fingerprint density at radius 1 is 1.00 bits per heavy atom. The largest absolute Gasteiger partial charge is 0.468 e. The normalized spacial score (nSPS) is 12.4. The molecule has 2 aromatic heterocycles. The van der Waals surface area contributed by atoms with Gasteiger partial charge in [0.05, 0.1) is 18.9 Å². The topological polar surface area (TPSA) is 75.5 Å². The summed E-state index contributed by atoms with van der Waals surface area (Å²) in [5, 5.41) is 14.8. The molecule has 1 unspecified atom stereocenters. The van der Waals surface area contributed by atoms with Gasteiger partial charge in [0.15, 0.2) is 0 Å². The van der Waals surface area contributed by atoms with E-state index in [0.29, 0.717) is 37.8 Å². The lowest BCUT2D eigenvalue weighted by molar-refractivity contribution is 0.104. The van der Waals surface area contributed by atoms with Gasteiger partial charge in [-0.1, -0.05) is 51.4 Å². The Morgan fingerprint density at radius 2 is 1.80 bits per heavy atom. The molecule has 0 spiro atoms. The first kappa shape index (κ1) is 20.5. The Balaban J connectivity index is 1.42. The van der Waals surface area contributed by atoms with Crippen LogP contribution in [0.15, 0.2) is 86.4 Å². The van der Waals surface area contributed by atoms with Crippen molar-refractivity contribution in [2.24, 2.45) is 0 Å². The van der Waals surface area contributed by atoms with Crippen molar-refractivity contribution in [1.82, 2.24) is 15.0 Å². The van der Waals surface area contributed by atoms with Crippen LogP contribution in [0.3, 0.4) is 0 Å². The van der Waals surface area contributed by atoms with Crippen molar-refractivity contribution < 1.29 is 14.0 Å². The molecule has 4 aromatic rings. The molecular formula is C23H22BrN3O3. The second-order valence-corrected chi connectivity index (χ2v) is 7.93. The third-order valence-electron chi connectivity index (χ3n) is 4.79. The highest BCUT2D eigenvalue weighted by Gasteiger charge is 2.17. The molecule has 0 saturated heterocycles. The standard InChI is InChI=1S/C23H22BrN3O3/c24-19-10-8-18(9-11-19)23-25-22(30-26-23)12-13-27(15-20-7-4-14-29-20)16-21(28)17-5-2-1-3-6-17/h1-11,14,21,28H,12-13,15-16H2. The zero-order chi connectivity index (χ0) is 20.8. The maximum absolute atomic E-state index is 10.7. The Labute approximate surface area is 183 Å². The van der Waals surface area contributed by atoms with Gasteiger partial charge in [-0.3, -0.25) is 4.90 Å². The van der Waals surface area contributed by atoms with Crippen molar-refractivity contribution in [3.63, 3.8) is 0 Å². The van der Waals surface area contributed by atoms with Crippen molar-refractivity contribution in [3.8, 4) is 11.4 Å². The van der Waals surface area contributed by atoms with Crippen LogP contribution in [0.1, 0.15) is 23.3 Å². The van der Waals surface area contributed by atoms with Crippen molar-refractivity contribution in [3.05, 3.63) is 94.7 Å². The molecule has 6 nitrogen and oxygen atoms in total. The first-order valence-corrected chi connectivity index (χ1v) is 10.5. The average molecular weight is 468 g/mol. The van der Waals surface area contributed by atoms with E-state index in [1.165, 1.54) is 0 Å².